The molecule has 0 fully saturated rings. The summed E-state index contributed by atoms with van der Waals surface area (Å²) in [5, 5.41) is 8.61. The summed E-state index contributed by atoms with van der Waals surface area (Å²) in [6, 6.07) is 4.93. The highest BCUT2D eigenvalue weighted by Gasteiger charge is 2.35. The number of halogens is 2. The van der Waals surface area contributed by atoms with Gasteiger partial charge < -0.3 is 5.11 Å². The van der Waals surface area contributed by atoms with Crippen molar-refractivity contribution in [2.45, 2.75) is 39.5 Å². The van der Waals surface area contributed by atoms with Gasteiger partial charge in [-0.25, -0.2) is 8.78 Å². The first-order valence-corrected chi connectivity index (χ1v) is 5.89. The van der Waals surface area contributed by atoms with Crippen LogP contribution in [0, 0.1) is 19.8 Å². The van der Waals surface area contributed by atoms with Gasteiger partial charge in [0.2, 0.25) is 0 Å². The van der Waals surface area contributed by atoms with E-state index in [0.29, 0.717) is 5.56 Å². The van der Waals surface area contributed by atoms with E-state index in [4.69, 9.17) is 5.11 Å². The third kappa shape index (κ3) is 3.79. The molecular weight excluding hydrogens is 238 g/mol. The minimum Gasteiger partial charge on any atom is -0.481 e. The number of aryl methyl sites for hydroxylation is 2. The zero-order valence-corrected chi connectivity index (χ0v) is 10.8. The van der Waals surface area contributed by atoms with Gasteiger partial charge in [0.05, 0.1) is 0 Å². The van der Waals surface area contributed by atoms with Crippen molar-refractivity contribution in [3.63, 3.8) is 0 Å². The van der Waals surface area contributed by atoms with Crippen LogP contribution in [-0.4, -0.2) is 11.1 Å². The lowest BCUT2D eigenvalue weighted by Gasteiger charge is -2.22. The van der Waals surface area contributed by atoms with Crippen LogP contribution >= 0.6 is 0 Å². The third-order valence-electron chi connectivity index (χ3n) is 2.92. The van der Waals surface area contributed by atoms with Crippen molar-refractivity contribution >= 4 is 5.97 Å². The summed E-state index contributed by atoms with van der Waals surface area (Å²) in [5.74, 6) is -4.58. The van der Waals surface area contributed by atoms with Crippen molar-refractivity contribution in [3.05, 3.63) is 34.9 Å². The van der Waals surface area contributed by atoms with Gasteiger partial charge in [-0.2, -0.15) is 0 Å². The first kappa shape index (κ1) is 14.6. The van der Waals surface area contributed by atoms with Crippen LogP contribution in [0.5, 0.6) is 0 Å². The second-order valence-corrected chi connectivity index (χ2v) is 4.93. The molecule has 1 N–H and O–H groups in total. The second kappa shape index (κ2) is 5.46. The molecule has 2 nitrogen and oxygen atoms in total. The summed E-state index contributed by atoms with van der Waals surface area (Å²) in [6.45, 7) is 4.94. The number of aliphatic carboxylic acids is 1. The molecule has 0 aliphatic carbocycles. The summed E-state index contributed by atoms with van der Waals surface area (Å²) in [6.07, 6.45) is -0.677. The second-order valence-electron chi connectivity index (χ2n) is 4.93. The molecule has 1 aromatic rings. The number of carboxylic acids is 1. The standard InChI is InChI=1S/C14H18F2O2/c1-9-4-5-11(3)12(6-9)14(15,16)8-10(2)7-13(17)18/h4-6,10H,7-8H2,1-3H3,(H,17,18). The molecular formula is C14H18F2O2. The predicted octanol–water partition coefficient (Wildman–Crippen LogP) is 3.90. The van der Waals surface area contributed by atoms with Crippen LogP contribution in [0.1, 0.15) is 36.5 Å². The molecule has 1 rings (SSSR count). The van der Waals surface area contributed by atoms with Gasteiger partial charge >= 0.3 is 5.97 Å². The van der Waals surface area contributed by atoms with Gasteiger partial charge in [0.15, 0.2) is 0 Å². The molecule has 0 saturated carbocycles. The summed E-state index contributed by atoms with van der Waals surface area (Å²) in [5.41, 5.74) is 1.31. The molecule has 1 unspecified atom stereocenters. The van der Waals surface area contributed by atoms with E-state index in [1.165, 1.54) is 13.0 Å². The molecule has 0 heterocycles. The van der Waals surface area contributed by atoms with E-state index < -0.39 is 24.2 Å². The van der Waals surface area contributed by atoms with Crippen LogP contribution in [0.15, 0.2) is 18.2 Å². The van der Waals surface area contributed by atoms with Crippen molar-refractivity contribution in [2.75, 3.05) is 0 Å². The number of carbonyl (C=O) groups is 1. The lowest BCUT2D eigenvalue weighted by Crippen LogP contribution is -2.20. The Morgan fingerprint density at radius 3 is 2.56 bits per heavy atom. The largest absolute Gasteiger partial charge is 0.481 e. The molecule has 18 heavy (non-hydrogen) atoms. The Kier molecular flexibility index (Phi) is 4.43. The van der Waals surface area contributed by atoms with Crippen LogP contribution < -0.4 is 0 Å². The quantitative estimate of drug-likeness (QED) is 0.867. The lowest BCUT2D eigenvalue weighted by atomic mass is 9.92. The van der Waals surface area contributed by atoms with E-state index in [2.05, 4.69) is 0 Å². The zero-order valence-electron chi connectivity index (χ0n) is 10.8. The predicted molar refractivity (Wildman–Crippen MR) is 65.8 cm³/mol. The average molecular weight is 256 g/mol. The van der Waals surface area contributed by atoms with Crippen molar-refractivity contribution in [3.8, 4) is 0 Å². The van der Waals surface area contributed by atoms with E-state index in [9.17, 15) is 13.6 Å². The fraction of sp³-hybridized carbons (Fsp3) is 0.500. The molecule has 1 atom stereocenters. The number of rotatable bonds is 5. The highest BCUT2D eigenvalue weighted by atomic mass is 19.3. The first-order chi connectivity index (χ1) is 8.22. The fourth-order valence-corrected chi connectivity index (χ4v) is 2.05. The number of hydrogen-bond donors (Lipinski definition) is 1. The molecule has 100 valence electrons. The number of hydrogen-bond acceptors (Lipinski definition) is 1. The monoisotopic (exact) mass is 256 g/mol. The summed E-state index contributed by atoms with van der Waals surface area (Å²) >= 11 is 0. The Bertz CT molecular complexity index is 441. The van der Waals surface area contributed by atoms with E-state index >= 15 is 0 Å². The van der Waals surface area contributed by atoms with Crippen LogP contribution in [-0.2, 0) is 10.7 Å². The van der Waals surface area contributed by atoms with Crippen molar-refractivity contribution in [2.24, 2.45) is 5.92 Å². The molecule has 0 bridgehead atoms. The molecule has 0 radical (unpaired) electrons. The molecule has 0 aliphatic heterocycles. The van der Waals surface area contributed by atoms with Crippen LogP contribution in [0.4, 0.5) is 8.78 Å². The Labute approximate surface area is 106 Å². The van der Waals surface area contributed by atoms with Gasteiger partial charge in [0, 0.05) is 18.4 Å². The number of benzene rings is 1. The molecule has 1 aromatic carbocycles. The molecule has 0 spiro atoms. The van der Waals surface area contributed by atoms with Gasteiger partial charge in [0.25, 0.3) is 5.92 Å². The van der Waals surface area contributed by atoms with Crippen LogP contribution in [0.2, 0.25) is 0 Å². The Morgan fingerprint density at radius 1 is 1.39 bits per heavy atom. The van der Waals surface area contributed by atoms with E-state index in [1.54, 1.807) is 26.0 Å². The van der Waals surface area contributed by atoms with E-state index in [1.807, 2.05) is 0 Å². The maximum atomic E-state index is 14.1. The van der Waals surface area contributed by atoms with Crippen molar-refractivity contribution < 1.29 is 18.7 Å². The zero-order chi connectivity index (χ0) is 13.9. The van der Waals surface area contributed by atoms with Gasteiger partial charge in [-0.1, -0.05) is 24.6 Å². The average Bonchev–Trinajstić information content (AvgIpc) is 2.19. The summed E-state index contributed by atoms with van der Waals surface area (Å²) in [7, 11) is 0. The van der Waals surface area contributed by atoms with Crippen LogP contribution in [0.25, 0.3) is 0 Å². The third-order valence-corrected chi connectivity index (χ3v) is 2.92. The maximum absolute atomic E-state index is 14.1. The SMILES string of the molecule is Cc1ccc(C)c(C(F)(F)CC(C)CC(=O)O)c1. The van der Waals surface area contributed by atoms with Crippen molar-refractivity contribution in [1.29, 1.82) is 0 Å². The molecule has 4 heteroatoms. The highest BCUT2D eigenvalue weighted by molar-refractivity contribution is 5.66. The number of alkyl halides is 2. The molecule has 0 aromatic heterocycles. The summed E-state index contributed by atoms with van der Waals surface area (Å²) < 4.78 is 28.2. The maximum Gasteiger partial charge on any atom is 0.303 e. The number of carboxylic acid groups (broad SMARTS) is 1. The molecule has 0 aliphatic rings. The first-order valence-electron chi connectivity index (χ1n) is 5.89. The van der Waals surface area contributed by atoms with Gasteiger partial charge in [0.1, 0.15) is 0 Å². The van der Waals surface area contributed by atoms with Gasteiger partial charge in [-0.05, 0) is 31.4 Å². The van der Waals surface area contributed by atoms with Crippen LogP contribution in [0.3, 0.4) is 0 Å². The summed E-state index contributed by atoms with van der Waals surface area (Å²) in [4.78, 5) is 10.5. The van der Waals surface area contributed by atoms with E-state index in [0.717, 1.165) is 5.56 Å². The highest BCUT2D eigenvalue weighted by Crippen LogP contribution is 2.37. The Hall–Kier alpha value is -1.45. The molecule has 0 saturated heterocycles. The lowest BCUT2D eigenvalue weighted by molar-refractivity contribution is -0.138. The minimum atomic E-state index is -2.98. The fourth-order valence-electron chi connectivity index (χ4n) is 2.05. The topological polar surface area (TPSA) is 37.3 Å². The van der Waals surface area contributed by atoms with Crippen molar-refractivity contribution in [1.82, 2.24) is 0 Å². The van der Waals surface area contributed by atoms with Gasteiger partial charge in [-0.3, -0.25) is 4.79 Å². The minimum absolute atomic E-state index is 0.000242. The molecule has 0 amide bonds. The smallest absolute Gasteiger partial charge is 0.303 e. The van der Waals surface area contributed by atoms with Gasteiger partial charge in [-0.15, -0.1) is 0 Å². The Morgan fingerprint density at radius 2 is 2.00 bits per heavy atom. The normalized spacial score (nSPS) is 13.4. The van der Waals surface area contributed by atoms with E-state index in [-0.39, 0.29) is 12.0 Å². The Balaban J connectivity index is 2.91.